The summed E-state index contributed by atoms with van der Waals surface area (Å²) in [5.74, 6) is 0.560. The van der Waals surface area contributed by atoms with E-state index in [1.165, 1.54) is 12.1 Å². The van der Waals surface area contributed by atoms with E-state index in [1.807, 2.05) is 0 Å². The van der Waals surface area contributed by atoms with Crippen molar-refractivity contribution in [3.63, 3.8) is 0 Å². The number of nitrogens with one attached hydrogen (secondary N) is 1. The van der Waals surface area contributed by atoms with Crippen LogP contribution in [-0.4, -0.2) is 35.0 Å². The maximum atomic E-state index is 13.0. The molecule has 1 atom stereocenters. The minimum absolute atomic E-state index is 0.00900. The van der Waals surface area contributed by atoms with Crippen molar-refractivity contribution in [3.8, 4) is 11.1 Å². The van der Waals surface area contributed by atoms with Crippen molar-refractivity contribution >= 4 is 11.9 Å². The Morgan fingerprint density at radius 3 is 2.48 bits per heavy atom. The Hall–Kier alpha value is -2.50. The van der Waals surface area contributed by atoms with Gasteiger partial charge in [-0.1, -0.05) is 12.1 Å². The second kappa shape index (κ2) is 6.78. The van der Waals surface area contributed by atoms with Crippen molar-refractivity contribution in [2.45, 2.75) is 31.7 Å². The van der Waals surface area contributed by atoms with Crippen LogP contribution in [0.2, 0.25) is 0 Å². The molecule has 0 radical (unpaired) electrons. The number of nitrogens with zero attached hydrogens (tertiary/aromatic N) is 3. The monoisotopic (exact) mass is 340 g/mol. The molecule has 2 fully saturated rings. The molecule has 130 valence electrons. The SMILES string of the molecule is O=C(NC1CC1)C1CCCN(c2ncc(-c3ccc(F)cc3)cn2)C1. The van der Waals surface area contributed by atoms with E-state index in [-0.39, 0.29) is 17.6 Å². The largest absolute Gasteiger partial charge is 0.353 e. The molecule has 2 aromatic rings. The average molecular weight is 340 g/mol. The molecule has 4 rings (SSSR count). The summed E-state index contributed by atoms with van der Waals surface area (Å²) >= 11 is 0. The second-order valence-electron chi connectivity index (χ2n) is 6.85. The summed E-state index contributed by atoms with van der Waals surface area (Å²) in [6.45, 7) is 1.53. The predicted molar refractivity (Wildman–Crippen MR) is 93.5 cm³/mol. The molecule has 6 heteroatoms. The number of hydrogen-bond donors (Lipinski definition) is 1. The average Bonchev–Trinajstić information content (AvgIpc) is 3.47. The molecule has 2 heterocycles. The number of hydrogen-bond acceptors (Lipinski definition) is 4. The molecule has 1 aromatic heterocycles. The van der Waals surface area contributed by atoms with Crippen LogP contribution in [-0.2, 0) is 4.79 Å². The van der Waals surface area contributed by atoms with Crippen LogP contribution in [0.1, 0.15) is 25.7 Å². The topological polar surface area (TPSA) is 58.1 Å². The Morgan fingerprint density at radius 2 is 1.80 bits per heavy atom. The van der Waals surface area contributed by atoms with Gasteiger partial charge in [0.25, 0.3) is 0 Å². The van der Waals surface area contributed by atoms with Gasteiger partial charge in [0.1, 0.15) is 5.82 Å². The van der Waals surface area contributed by atoms with Gasteiger partial charge in [-0.3, -0.25) is 4.79 Å². The fourth-order valence-corrected chi connectivity index (χ4v) is 3.20. The van der Waals surface area contributed by atoms with Crippen molar-refractivity contribution < 1.29 is 9.18 Å². The molecule has 1 aliphatic carbocycles. The van der Waals surface area contributed by atoms with Gasteiger partial charge >= 0.3 is 0 Å². The number of carbonyl (C=O) groups excluding carboxylic acids is 1. The Balaban J connectivity index is 1.43. The first kappa shape index (κ1) is 16.0. The summed E-state index contributed by atoms with van der Waals surface area (Å²) in [5, 5.41) is 3.09. The summed E-state index contributed by atoms with van der Waals surface area (Å²) in [6.07, 6.45) is 7.60. The molecule has 1 saturated heterocycles. The zero-order valence-corrected chi connectivity index (χ0v) is 14.0. The van der Waals surface area contributed by atoms with Crippen molar-refractivity contribution in [3.05, 3.63) is 42.5 Å². The third-order valence-electron chi connectivity index (χ3n) is 4.81. The van der Waals surface area contributed by atoms with E-state index in [1.54, 1.807) is 24.5 Å². The van der Waals surface area contributed by atoms with Gasteiger partial charge in [-0.05, 0) is 43.4 Å². The third-order valence-corrected chi connectivity index (χ3v) is 4.81. The van der Waals surface area contributed by atoms with E-state index in [0.29, 0.717) is 18.5 Å². The van der Waals surface area contributed by atoms with Crippen LogP contribution in [0.25, 0.3) is 11.1 Å². The van der Waals surface area contributed by atoms with Crippen molar-refractivity contribution in [1.29, 1.82) is 0 Å². The Morgan fingerprint density at radius 1 is 1.08 bits per heavy atom. The maximum Gasteiger partial charge on any atom is 0.225 e. The van der Waals surface area contributed by atoms with Crippen LogP contribution >= 0.6 is 0 Å². The Kier molecular flexibility index (Phi) is 4.34. The Bertz CT molecular complexity index is 743. The summed E-state index contributed by atoms with van der Waals surface area (Å²) in [7, 11) is 0. The number of piperidine rings is 1. The van der Waals surface area contributed by atoms with Crippen LogP contribution < -0.4 is 10.2 Å². The number of halogens is 1. The zero-order chi connectivity index (χ0) is 17.2. The van der Waals surface area contributed by atoms with Gasteiger partial charge in [0.2, 0.25) is 11.9 Å². The lowest BCUT2D eigenvalue weighted by Gasteiger charge is -2.32. The predicted octanol–water partition coefficient (Wildman–Crippen LogP) is 2.78. The molecule has 1 saturated carbocycles. The number of anilines is 1. The van der Waals surface area contributed by atoms with E-state index in [0.717, 1.165) is 43.4 Å². The smallest absolute Gasteiger partial charge is 0.225 e. The number of benzene rings is 1. The highest BCUT2D eigenvalue weighted by Gasteiger charge is 2.31. The van der Waals surface area contributed by atoms with E-state index in [9.17, 15) is 9.18 Å². The van der Waals surface area contributed by atoms with E-state index in [4.69, 9.17) is 0 Å². The van der Waals surface area contributed by atoms with Gasteiger partial charge in [-0.15, -0.1) is 0 Å². The molecular weight excluding hydrogens is 319 g/mol. The van der Waals surface area contributed by atoms with E-state index in [2.05, 4.69) is 20.2 Å². The maximum absolute atomic E-state index is 13.0. The van der Waals surface area contributed by atoms with Crippen LogP contribution in [0.15, 0.2) is 36.7 Å². The van der Waals surface area contributed by atoms with Crippen molar-refractivity contribution in [2.75, 3.05) is 18.0 Å². The fraction of sp³-hybridized carbons (Fsp3) is 0.421. The molecule has 0 bridgehead atoms. The highest BCUT2D eigenvalue weighted by molar-refractivity contribution is 5.80. The lowest BCUT2D eigenvalue weighted by molar-refractivity contribution is -0.125. The quantitative estimate of drug-likeness (QED) is 0.930. The molecule has 1 aromatic carbocycles. The van der Waals surface area contributed by atoms with Crippen LogP contribution in [0.3, 0.4) is 0 Å². The summed E-state index contributed by atoms with van der Waals surface area (Å²) in [6, 6.07) is 6.68. The summed E-state index contributed by atoms with van der Waals surface area (Å²) < 4.78 is 13.0. The standard InChI is InChI=1S/C19H21FN4O/c20-16-5-3-13(4-6-16)15-10-21-19(22-11-15)24-9-1-2-14(12-24)18(25)23-17-7-8-17/h3-6,10-11,14,17H,1-2,7-9,12H2,(H,23,25). The van der Waals surface area contributed by atoms with Gasteiger partial charge in [0.05, 0.1) is 5.92 Å². The van der Waals surface area contributed by atoms with Gasteiger partial charge in [-0.25, -0.2) is 14.4 Å². The minimum Gasteiger partial charge on any atom is -0.353 e. The van der Waals surface area contributed by atoms with Gasteiger partial charge in [-0.2, -0.15) is 0 Å². The van der Waals surface area contributed by atoms with E-state index < -0.39 is 0 Å². The molecule has 5 nitrogen and oxygen atoms in total. The highest BCUT2D eigenvalue weighted by atomic mass is 19.1. The first-order valence-corrected chi connectivity index (χ1v) is 8.82. The number of amides is 1. The molecule has 0 spiro atoms. The molecular formula is C19H21FN4O. The summed E-state index contributed by atoms with van der Waals surface area (Å²) in [4.78, 5) is 23.3. The molecule has 25 heavy (non-hydrogen) atoms. The molecule has 1 unspecified atom stereocenters. The van der Waals surface area contributed by atoms with Gasteiger partial charge < -0.3 is 10.2 Å². The van der Waals surface area contributed by atoms with Gasteiger partial charge in [0.15, 0.2) is 0 Å². The van der Waals surface area contributed by atoms with Crippen molar-refractivity contribution in [2.24, 2.45) is 5.92 Å². The second-order valence-corrected chi connectivity index (χ2v) is 6.85. The first-order chi connectivity index (χ1) is 12.2. The highest BCUT2D eigenvalue weighted by Crippen LogP contribution is 2.25. The van der Waals surface area contributed by atoms with Crippen molar-refractivity contribution in [1.82, 2.24) is 15.3 Å². The number of aromatic nitrogens is 2. The third kappa shape index (κ3) is 3.78. The molecule has 2 aliphatic rings. The molecule has 1 amide bonds. The van der Waals surface area contributed by atoms with Crippen LogP contribution in [0.4, 0.5) is 10.3 Å². The first-order valence-electron chi connectivity index (χ1n) is 8.82. The summed E-state index contributed by atoms with van der Waals surface area (Å²) in [5.41, 5.74) is 1.73. The molecule has 1 N–H and O–H groups in total. The van der Waals surface area contributed by atoms with E-state index >= 15 is 0 Å². The van der Waals surface area contributed by atoms with Crippen LogP contribution in [0, 0.1) is 11.7 Å². The number of rotatable bonds is 4. The zero-order valence-electron chi connectivity index (χ0n) is 14.0. The number of carbonyl (C=O) groups is 1. The van der Waals surface area contributed by atoms with Crippen LogP contribution in [0.5, 0.6) is 0 Å². The lowest BCUT2D eigenvalue weighted by atomic mass is 9.97. The fourth-order valence-electron chi connectivity index (χ4n) is 3.20. The Labute approximate surface area is 146 Å². The minimum atomic E-state index is -0.259. The molecule has 1 aliphatic heterocycles. The lowest BCUT2D eigenvalue weighted by Crippen LogP contribution is -2.44. The normalized spacial score (nSPS) is 20.4. The van der Waals surface area contributed by atoms with Gasteiger partial charge in [0, 0.05) is 37.1 Å².